The van der Waals surface area contributed by atoms with Crippen molar-refractivity contribution in [1.82, 2.24) is 24.7 Å². The number of rotatable bonds is 4. The highest BCUT2D eigenvalue weighted by molar-refractivity contribution is 5.28. The fraction of sp³-hybridized carbons (Fsp3) is 0.647. The van der Waals surface area contributed by atoms with Crippen LogP contribution < -0.4 is 5.32 Å². The Morgan fingerprint density at radius 2 is 2.04 bits per heavy atom. The normalized spacial score (nSPS) is 25.8. The molecule has 0 radical (unpaired) electrons. The lowest BCUT2D eigenvalue weighted by Crippen LogP contribution is -2.22. The molecule has 1 fully saturated rings. The summed E-state index contributed by atoms with van der Waals surface area (Å²) in [5, 5.41) is 22.4. The minimum absolute atomic E-state index is 0.155. The third-order valence-electron chi connectivity index (χ3n) is 5.07. The number of nitrogens with one attached hydrogen (secondary N) is 1. The van der Waals surface area contributed by atoms with Crippen LogP contribution in [0.15, 0.2) is 6.07 Å². The second-order valence-electron chi connectivity index (χ2n) is 7.03. The molecule has 0 aromatic carbocycles. The molecule has 2 aromatic rings. The van der Waals surface area contributed by atoms with Crippen LogP contribution in [0.25, 0.3) is 0 Å². The Morgan fingerprint density at radius 1 is 1.24 bits per heavy atom. The summed E-state index contributed by atoms with van der Waals surface area (Å²) in [5.41, 5.74) is 1.88. The highest BCUT2D eigenvalue weighted by Gasteiger charge is 2.37. The Morgan fingerprint density at radius 3 is 2.84 bits per heavy atom. The van der Waals surface area contributed by atoms with Crippen LogP contribution in [0.4, 0.5) is 5.95 Å². The van der Waals surface area contributed by atoms with E-state index in [0.717, 1.165) is 42.4 Å². The number of aromatic nitrogens is 5. The van der Waals surface area contributed by atoms with Crippen LogP contribution in [0.2, 0.25) is 0 Å². The molecule has 1 aliphatic heterocycles. The summed E-state index contributed by atoms with van der Waals surface area (Å²) in [5.74, 6) is 2.90. The van der Waals surface area contributed by atoms with Gasteiger partial charge in [-0.25, -0.2) is 9.97 Å². The van der Waals surface area contributed by atoms with Crippen LogP contribution in [0.5, 0.6) is 0 Å². The van der Waals surface area contributed by atoms with Crippen LogP contribution in [-0.2, 0) is 17.9 Å². The van der Waals surface area contributed by atoms with E-state index in [9.17, 15) is 5.11 Å². The van der Waals surface area contributed by atoms with Gasteiger partial charge in [0.1, 0.15) is 12.4 Å². The number of ether oxygens (including phenoxy) is 1. The Kier molecular flexibility index (Phi) is 4.39. The van der Waals surface area contributed by atoms with Crippen LogP contribution in [0, 0.1) is 19.8 Å². The summed E-state index contributed by atoms with van der Waals surface area (Å²) in [7, 11) is 0. The first kappa shape index (κ1) is 16.4. The summed E-state index contributed by atoms with van der Waals surface area (Å²) in [6, 6.07) is 1.95. The number of nitrogens with zero attached hydrogens (tertiary/aromatic N) is 5. The van der Waals surface area contributed by atoms with E-state index in [0.29, 0.717) is 25.7 Å². The number of aryl methyl sites for hydroxylation is 2. The molecule has 8 nitrogen and oxygen atoms in total. The molecular weight excluding hydrogens is 320 g/mol. The minimum atomic E-state index is -0.351. The molecule has 4 rings (SSSR count). The van der Waals surface area contributed by atoms with Gasteiger partial charge >= 0.3 is 0 Å². The van der Waals surface area contributed by atoms with Gasteiger partial charge in [-0.3, -0.25) is 0 Å². The first-order chi connectivity index (χ1) is 12.1. The van der Waals surface area contributed by atoms with E-state index in [-0.39, 0.29) is 17.9 Å². The average Bonchev–Trinajstić information content (AvgIpc) is 3.15. The first-order valence-corrected chi connectivity index (χ1v) is 8.84. The topological polar surface area (TPSA) is 98.0 Å². The van der Waals surface area contributed by atoms with Gasteiger partial charge in [0.15, 0.2) is 5.82 Å². The molecule has 0 amide bonds. The molecule has 1 saturated carbocycles. The van der Waals surface area contributed by atoms with Crippen molar-refractivity contribution < 1.29 is 9.84 Å². The number of fused-ring (bicyclic) bond motifs is 1. The summed E-state index contributed by atoms with van der Waals surface area (Å²) in [6.07, 6.45) is 1.26. The Bertz CT molecular complexity index is 741. The van der Waals surface area contributed by atoms with Crippen LogP contribution in [-0.4, -0.2) is 49.1 Å². The smallest absolute Gasteiger partial charge is 0.223 e. The van der Waals surface area contributed by atoms with Crippen molar-refractivity contribution in [3.8, 4) is 0 Å². The monoisotopic (exact) mass is 344 g/mol. The third-order valence-corrected chi connectivity index (χ3v) is 5.07. The standard InChI is InChI=1S/C17H24N6O2/c1-10-5-11(2)20-17(19-10)18-8-13-6-12(7-14(13)24)16-22-21-15-9-25-4-3-23(15)16/h5,12-14,24H,3-4,6-9H2,1-2H3,(H,18,19,20)/t12-,13+,14+/m0/s1. The maximum absolute atomic E-state index is 10.5. The Hall–Kier alpha value is -2.06. The molecule has 134 valence electrons. The van der Waals surface area contributed by atoms with Crippen LogP contribution >= 0.6 is 0 Å². The molecule has 1 aliphatic carbocycles. The molecule has 0 unspecified atom stereocenters. The van der Waals surface area contributed by atoms with E-state index < -0.39 is 0 Å². The molecule has 2 N–H and O–H groups in total. The fourth-order valence-corrected chi connectivity index (χ4v) is 3.88. The van der Waals surface area contributed by atoms with E-state index in [2.05, 4.69) is 30.0 Å². The highest BCUT2D eigenvalue weighted by Crippen LogP contribution is 2.38. The predicted molar refractivity (Wildman–Crippen MR) is 91.1 cm³/mol. The van der Waals surface area contributed by atoms with Gasteiger partial charge in [-0.2, -0.15) is 0 Å². The van der Waals surface area contributed by atoms with E-state index in [4.69, 9.17) is 4.74 Å². The summed E-state index contributed by atoms with van der Waals surface area (Å²) < 4.78 is 7.58. The lowest BCUT2D eigenvalue weighted by molar-refractivity contribution is 0.0801. The van der Waals surface area contributed by atoms with E-state index in [1.165, 1.54) is 0 Å². The fourth-order valence-electron chi connectivity index (χ4n) is 3.88. The zero-order valence-electron chi connectivity index (χ0n) is 14.6. The van der Waals surface area contributed by atoms with Gasteiger partial charge in [0.05, 0.1) is 12.7 Å². The Balaban J connectivity index is 1.42. The quantitative estimate of drug-likeness (QED) is 0.859. The van der Waals surface area contributed by atoms with Gasteiger partial charge in [0, 0.05) is 36.3 Å². The summed E-state index contributed by atoms with van der Waals surface area (Å²) in [4.78, 5) is 8.80. The van der Waals surface area contributed by atoms with Crippen molar-refractivity contribution in [3.05, 3.63) is 29.1 Å². The SMILES string of the molecule is Cc1cc(C)nc(NC[C@H]2C[C@H](c3nnc4n3CCOC4)C[C@H]2O)n1. The second kappa shape index (κ2) is 6.68. The van der Waals surface area contributed by atoms with Crippen LogP contribution in [0.1, 0.15) is 41.8 Å². The predicted octanol–water partition coefficient (Wildman–Crippen LogP) is 1.18. The molecule has 0 saturated heterocycles. The van der Waals surface area contributed by atoms with Gasteiger partial charge in [0.2, 0.25) is 5.95 Å². The molecule has 3 heterocycles. The number of hydrogen-bond acceptors (Lipinski definition) is 7. The number of anilines is 1. The van der Waals surface area contributed by atoms with Gasteiger partial charge < -0.3 is 19.7 Å². The van der Waals surface area contributed by atoms with Gasteiger partial charge in [-0.1, -0.05) is 0 Å². The van der Waals surface area contributed by atoms with Crippen molar-refractivity contribution in [2.24, 2.45) is 5.92 Å². The van der Waals surface area contributed by atoms with Gasteiger partial charge in [-0.15, -0.1) is 10.2 Å². The summed E-state index contributed by atoms with van der Waals surface area (Å²) >= 11 is 0. The van der Waals surface area contributed by atoms with Crippen molar-refractivity contribution in [3.63, 3.8) is 0 Å². The first-order valence-electron chi connectivity index (χ1n) is 8.84. The van der Waals surface area contributed by atoms with E-state index in [1.807, 2.05) is 19.9 Å². The van der Waals surface area contributed by atoms with Crippen molar-refractivity contribution in [2.45, 2.75) is 51.9 Å². The largest absolute Gasteiger partial charge is 0.393 e. The van der Waals surface area contributed by atoms with E-state index in [1.54, 1.807) is 0 Å². The molecule has 0 spiro atoms. The maximum Gasteiger partial charge on any atom is 0.223 e. The third kappa shape index (κ3) is 3.36. The van der Waals surface area contributed by atoms with Gasteiger partial charge in [-0.05, 0) is 32.8 Å². The second-order valence-corrected chi connectivity index (χ2v) is 7.03. The lowest BCUT2D eigenvalue weighted by Gasteiger charge is -2.18. The molecular formula is C17H24N6O2. The lowest BCUT2D eigenvalue weighted by atomic mass is 10.0. The number of aliphatic hydroxyl groups excluding tert-OH is 1. The molecule has 2 aromatic heterocycles. The molecule has 3 atom stereocenters. The van der Waals surface area contributed by atoms with Crippen molar-refractivity contribution in [1.29, 1.82) is 0 Å². The van der Waals surface area contributed by atoms with Gasteiger partial charge in [0.25, 0.3) is 0 Å². The maximum atomic E-state index is 10.5. The van der Waals surface area contributed by atoms with Crippen LogP contribution in [0.3, 0.4) is 0 Å². The zero-order valence-corrected chi connectivity index (χ0v) is 14.6. The number of hydrogen-bond donors (Lipinski definition) is 2. The van der Waals surface area contributed by atoms with Crippen molar-refractivity contribution in [2.75, 3.05) is 18.5 Å². The summed E-state index contributed by atoms with van der Waals surface area (Å²) in [6.45, 7) is 6.59. The molecule has 8 heteroatoms. The highest BCUT2D eigenvalue weighted by atomic mass is 16.5. The Labute approximate surface area is 146 Å². The molecule has 0 bridgehead atoms. The molecule has 2 aliphatic rings. The van der Waals surface area contributed by atoms with E-state index >= 15 is 0 Å². The number of aliphatic hydroxyl groups is 1. The molecule has 25 heavy (non-hydrogen) atoms. The minimum Gasteiger partial charge on any atom is -0.393 e. The zero-order chi connectivity index (χ0) is 17.4. The average molecular weight is 344 g/mol. The van der Waals surface area contributed by atoms with Crippen molar-refractivity contribution >= 4 is 5.95 Å².